The van der Waals surface area contributed by atoms with Crippen molar-refractivity contribution in [3.05, 3.63) is 47.5 Å². The standard InChI is InChI=1S/C21H28N4O4S/c1-15-7-5-9-18(13-15)22-21(26)17-8-6-11-25(14-17)30(27,28)20-16(2)23-29-19(20)10-12-24(3)4/h5,7,9-10,12-13,17H,6,8,11,14H2,1-4H3,(H,22,26)/b12-10+/t17-/m0/s1. The highest BCUT2D eigenvalue weighted by Crippen LogP contribution is 2.29. The topological polar surface area (TPSA) is 95.8 Å². The number of aryl methyl sites for hydroxylation is 2. The Morgan fingerprint density at radius 1 is 1.33 bits per heavy atom. The van der Waals surface area contributed by atoms with Crippen LogP contribution in [0.3, 0.4) is 0 Å². The smallest absolute Gasteiger partial charge is 0.248 e. The third kappa shape index (κ3) is 4.91. The molecule has 1 N–H and O–H groups in total. The summed E-state index contributed by atoms with van der Waals surface area (Å²) in [5.41, 5.74) is 2.06. The summed E-state index contributed by atoms with van der Waals surface area (Å²) in [6.45, 7) is 4.04. The van der Waals surface area contributed by atoms with E-state index in [1.165, 1.54) is 4.31 Å². The van der Waals surface area contributed by atoms with Crippen LogP contribution in [0.15, 0.2) is 39.9 Å². The second kappa shape index (κ2) is 9.01. The van der Waals surface area contributed by atoms with Gasteiger partial charge in [-0.15, -0.1) is 0 Å². The molecule has 3 rings (SSSR count). The number of hydrogen-bond donors (Lipinski definition) is 1. The predicted molar refractivity (Wildman–Crippen MR) is 115 cm³/mol. The van der Waals surface area contributed by atoms with E-state index in [9.17, 15) is 13.2 Å². The van der Waals surface area contributed by atoms with Crippen molar-refractivity contribution in [2.75, 3.05) is 32.5 Å². The number of piperidine rings is 1. The fourth-order valence-electron chi connectivity index (χ4n) is 3.49. The van der Waals surface area contributed by atoms with Crippen LogP contribution in [0.2, 0.25) is 0 Å². The maximum atomic E-state index is 13.4. The van der Waals surface area contributed by atoms with Gasteiger partial charge in [0.25, 0.3) is 0 Å². The minimum atomic E-state index is -3.85. The van der Waals surface area contributed by atoms with Crippen molar-refractivity contribution < 1.29 is 17.7 Å². The van der Waals surface area contributed by atoms with Crippen molar-refractivity contribution in [3.63, 3.8) is 0 Å². The van der Waals surface area contributed by atoms with Crippen LogP contribution in [-0.2, 0) is 14.8 Å². The van der Waals surface area contributed by atoms with Crippen molar-refractivity contribution >= 4 is 27.7 Å². The molecule has 1 aromatic carbocycles. The summed E-state index contributed by atoms with van der Waals surface area (Å²) in [6.07, 6.45) is 4.53. The van der Waals surface area contributed by atoms with E-state index in [1.54, 1.807) is 24.1 Å². The Hall–Kier alpha value is -2.65. The molecule has 162 valence electrons. The van der Waals surface area contributed by atoms with Crippen LogP contribution in [0.1, 0.15) is 29.9 Å². The lowest BCUT2D eigenvalue weighted by Crippen LogP contribution is -2.43. The highest BCUT2D eigenvalue weighted by Gasteiger charge is 2.36. The van der Waals surface area contributed by atoms with Crippen molar-refractivity contribution in [3.8, 4) is 0 Å². The van der Waals surface area contributed by atoms with Crippen LogP contribution in [0.4, 0.5) is 5.69 Å². The first-order valence-electron chi connectivity index (χ1n) is 9.87. The van der Waals surface area contributed by atoms with Crippen molar-refractivity contribution in [2.24, 2.45) is 5.92 Å². The Bertz CT molecular complexity index is 1040. The minimum absolute atomic E-state index is 0.0559. The number of hydrogen-bond acceptors (Lipinski definition) is 6. The number of nitrogens with zero attached hydrogens (tertiary/aromatic N) is 3. The molecule has 1 saturated heterocycles. The highest BCUT2D eigenvalue weighted by atomic mass is 32.2. The molecule has 1 aromatic heterocycles. The fraction of sp³-hybridized carbons (Fsp3) is 0.429. The summed E-state index contributed by atoms with van der Waals surface area (Å²) in [5, 5.41) is 6.75. The van der Waals surface area contributed by atoms with Crippen LogP contribution >= 0.6 is 0 Å². The molecule has 2 aromatic rings. The Labute approximate surface area is 177 Å². The van der Waals surface area contributed by atoms with Crippen LogP contribution < -0.4 is 5.32 Å². The summed E-state index contributed by atoms with van der Waals surface area (Å²) in [7, 11) is -0.188. The number of amides is 1. The van der Waals surface area contributed by atoms with E-state index in [4.69, 9.17) is 4.52 Å². The number of sulfonamides is 1. The van der Waals surface area contributed by atoms with Gasteiger partial charge in [0, 0.05) is 45.1 Å². The number of carbonyl (C=O) groups is 1. The van der Waals surface area contributed by atoms with Gasteiger partial charge >= 0.3 is 0 Å². The van der Waals surface area contributed by atoms with Crippen LogP contribution in [-0.4, -0.2) is 55.9 Å². The van der Waals surface area contributed by atoms with Gasteiger partial charge in [0.1, 0.15) is 5.69 Å². The average Bonchev–Trinajstić information content (AvgIpc) is 3.07. The summed E-state index contributed by atoms with van der Waals surface area (Å²) < 4.78 is 33.3. The zero-order valence-corrected chi connectivity index (χ0v) is 18.6. The molecule has 0 spiro atoms. The quantitative estimate of drug-likeness (QED) is 0.754. The minimum Gasteiger partial charge on any atom is -0.383 e. The van der Waals surface area contributed by atoms with E-state index in [1.807, 2.05) is 45.3 Å². The zero-order chi connectivity index (χ0) is 21.9. The van der Waals surface area contributed by atoms with Crippen LogP contribution in [0.5, 0.6) is 0 Å². The van der Waals surface area contributed by atoms with Gasteiger partial charge in [0.05, 0.1) is 5.92 Å². The summed E-state index contributed by atoms with van der Waals surface area (Å²) >= 11 is 0. The molecule has 0 bridgehead atoms. The highest BCUT2D eigenvalue weighted by molar-refractivity contribution is 7.89. The van der Waals surface area contributed by atoms with Crippen LogP contribution in [0.25, 0.3) is 6.08 Å². The maximum absolute atomic E-state index is 13.4. The second-order valence-corrected chi connectivity index (χ2v) is 9.68. The van der Waals surface area contributed by atoms with E-state index in [0.717, 1.165) is 5.56 Å². The van der Waals surface area contributed by atoms with E-state index in [2.05, 4.69) is 10.5 Å². The first-order valence-corrected chi connectivity index (χ1v) is 11.3. The van der Waals surface area contributed by atoms with Gasteiger partial charge in [-0.3, -0.25) is 4.79 Å². The molecular formula is C21H28N4O4S. The molecule has 9 heteroatoms. The van der Waals surface area contributed by atoms with Gasteiger partial charge in [0.15, 0.2) is 10.7 Å². The molecule has 1 amide bonds. The summed E-state index contributed by atoms with van der Waals surface area (Å²) in [5.74, 6) is -0.405. The Morgan fingerprint density at radius 2 is 2.10 bits per heavy atom. The van der Waals surface area contributed by atoms with E-state index >= 15 is 0 Å². The number of carbonyl (C=O) groups excluding carboxylic acids is 1. The number of nitrogens with one attached hydrogen (secondary N) is 1. The molecule has 1 fully saturated rings. The number of benzene rings is 1. The normalized spacial score (nSPS) is 17.9. The average molecular weight is 433 g/mol. The first-order chi connectivity index (χ1) is 14.2. The molecule has 30 heavy (non-hydrogen) atoms. The predicted octanol–water partition coefficient (Wildman–Crippen LogP) is 2.86. The molecule has 0 radical (unpaired) electrons. The lowest BCUT2D eigenvalue weighted by atomic mass is 9.98. The monoisotopic (exact) mass is 432 g/mol. The maximum Gasteiger partial charge on any atom is 0.248 e. The fourth-order valence-corrected chi connectivity index (χ4v) is 5.26. The van der Waals surface area contributed by atoms with Crippen molar-refractivity contribution in [1.82, 2.24) is 14.4 Å². The third-order valence-corrected chi connectivity index (χ3v) is 7.02. The Balaban J connectivity index is 1.79. The molecular weight excluding hydrogens is 404 g/mol. The molecule has 0 saturated carbocycles. The number of rotatable bonds is 6. The molecule has 1 atom stereocenters. The second-order valence-electron chi connectivity index (χ2n) is 7.80. The zero-order valence-electron chi connectivity index (χ0n) is 17.8. The van der Waals surface area contributed by atoms with E-state index in [-0.39, 0.29) is 23.1 Å². The Morgan fingerprint density at radius 3 is 2.80 bits per heavy atom. The molecule has 0 aliphatic carbocycles. The van der Waals surface area contributed by atoms with Crippen molar-refractivity contribution in [2.45, 2.75) is 31.6 Å². The van der Waals surface area contributed by atoms with Gasteiger partial charge in [0.2, 0.25) is 15.9 Å². The largest absolute Gasteiger partial charge is 0.383 e. The first kappa shape index (κ1) is 22.0. The van der Waals surface area contributed by atoms with Gasteiger partial charge in [-0.25, -0.2) is 8.42 Å². The van der Waals surface area contributed by atoms with E-state index in [0.29, 0.717) is 30.8 Å². The summed E-state index contributed by atoms with van der Waals surface area (Å²) in [4.78, 5) is 14.6. The SMILES string of the molecule is Cc1cccc(NC(=O)[C@H]2CCCN(S(=O)(=O)c3c(C)noc3/C=C/N(C)C)C2)c1. The van der Waals surface area contributed by atoms with E-state index < -0.39 is 15.9 Å². The van der Waals surface area contributed by atoms with Crippen LogP contribution in [0, 0.1) is 19.8 Å². The van der Waals surface area contributed by atoms with Gasteiger partial charge in [-0.05, 0) is 44.4 Å². The molecule has 0 unspecified atom stereocenters. The van der Waals surface area contributed by atoms with Gasteiger partial charge in [-0.2, -0.15) is 4.31 Å². The Kier molecular flexibility index (Phi) is 6.62. The van der Waals surface area contributed by atoms with Gasteiger partial charge in [-0.1, -0.05) is 17.3 Å². The molecule has 2 heterocycles. The van der Waals surface area contributed by atoms with Gasteiger partial charge < -0.3 is 14.7 Å². The number of aromatic nitrogens is 1. The third-order valence-electron chi connectivity index (χ3n) is 5.00. The molecule has 1 aliphatic heterocycles. The lowest BCUT2D eigenvalue weighted by Gasteiger charge is -2.31. The molecule has 8 nitrogen and oxygen atoms in total. The summed E-state index contributed by atoms with van der Waals surface area (Å²) in [6, 6.07) is 7.54. The lowest BCUT2D eigenvalue weighted by molar-refractivity contribution is -0.120. The number of anilines is 1. The van der Waals surface area contributed by atoms with Crippen molar-refractivity contribution in [1.29, 1.82) is 0 Å². The molecule has 1 aliphatic rings.